The first kappa shape index (κ1) is 31.8. The highest BCUT2D eigenvalue weighted by Gasteiger charge is 2.29. The molecule has 1 aromatic rings. The van der Waals surface area contributed by atoms with Gasteiger partial charge in [-0.3, -0.25) is 4.79 Å². The van der Waals surface area contributed by atoms with E-state index >= 15 is 0 Å². The Kier molecular flexibility index (Phi) is 11.5. The van der Waals surface area contributed by atoms with Crippen molar-refractivity contribution in [2.45, 2.75) is 72.4 Å². The van der Waals surface area contributed by atoms with Crippen molar-refractivity contribution < 1.29 is 33.0 Å². The number of hydrogen-bond acceptors (Lipinski definition) is 6. The number of esters is 1. The van der Waals surface area contributed by atoms with Crippen LogP contribution in [0.1, 0.15) is 72.4 Å². The maximum Gasteiger partial charge on any atom is 0.408 e. The Hall–Kier alpha value is -3.37. The highest BCUT2D eigenvalue weighted by Crippen LogP contribution is 2.28. The second-order valence-corrected chi connectivity index (χ2v) is 11.2. The molecule has 0 aromatic heterocycles. The minimum absolute atomic E-state index is 0.0303. The first-order valence-corrected chi connectivity index (χ1v) is 13.3. The molecule has 0 aliphatic carbocycles. The van der Waals surface area contributed by atoms with E-state index in [1.165, 1.54) is 18.2 Å². The number of alkyl carbamates (subject to hydrolysis) is 1. The number of methoxy groups -OCH3 is 1. The summed E-state index contributed by atoms with van der Waals surface area (Å²) >= 11 is 0. The molecule has 1 fully saturated rings. The first-order valence-electron chi connectivity index (χ1n) is 13.3. The SMILES string of the molecule is COC(=O)[C@@H](NC(=O)OC(C)(C)C)c1ccc(OCC[C@@H](C)C2CCN(C(=O)NC(=[N-])C(C)C)CC2)cc1F. The molecule has 1 aromatic carbocycles. The predicted octanol–water partition coefficient (Wildman–Crippen LogP) is 5.02. The zero-order chi connectivity index (χ0) is 29.3. The molecule has 1 aliphatic heterocycles. The second kappa shape index (κ2) is 14.1. The normalized spacial score (nSPS) is 15.8. The van der Waals surface area contributed by atoms with Gasteiger partial charge in [0.1, 0.15) is 17.2 Å². The van der Waals surface area contributed by atoms with Crippen molar-refractivity contribution in [2.75, 3.05) is 26.8 Å². The number of halogens is 1. The van der Waals surface area contributed by atoms with Gasteiger partial charge in [-0.2, -0.15) is 0 Å². The fourth-order valence-electron chi connectivity index (χ4n) is 4.24. The minimum atomic E-state index is -1.38. The van der Waals surface area contributed by atoms with Gasteiger partial charge in [-0.1, -0.05) is 26.6 Å². The molecule has 218 valence electrons. The van der Waals surface area contributed by atoms with Gasteiger partial charge >= 0.3 is 12.1 Å². The van der Waals surface area contributed by atoms with Crippen LogP contribution in [-0.2, 0) is 14.3 Å². The number of urea groups is 1. The van der Waals surface area contributed by atoms with Crippen LogP contribution < -0.4 is 15.4 Å². The number of nitrogens with one attached hydrogen (secondary N) is 2. The van der Waals surface area contributed by atoms with Crippen LogP contribution in [0.2, 0.25) is 0 Å². The van der Waals surface area contributed by atoms with E-state index in [4.69, 9.17) is 14.2 Å². The van der Waals surface area contributed by atoms with Crippen LogP contribution in [0.5, 0.6) is 5.75 Å². The number of amides is 3. The van der Waals surface area contributed by atoms with Crippen LogP contribution >= 0.6 is 0 Å². The smallest absolute Gasteiger partial charge is 0.408 e. The summed E-state index contributed by atoms with van der Waals surface area (Å²) in [6.07, 6.45) is 1.57. The average molecular weight is 550 g/mol. The van der Waals surface area contributed by atoms with Gasteiger partial charge in [0, 0.05) is 24.7 Å². The maximum atomic E-state index is 15.0. The molecule has 0 saturated carbocycles. The summed E-state index contributed by atoms with van der Waals surface area (Å²) in [5.41, 5.74) is -0.858. The molecule has 39 heavy (non-hydrogen) atoms. The Labute approximate surface area is 230 Å². The quantitative estimate of drug-likeness (QED) is 0.253. The maximum absolute atomic E-state index is 15.0. The molecular formula is C28H42FN4O6-. The molecule has 1 aliphatic rings. The predicted molar refractivity (Wildman–Crippen MR) is 146 cm³/mol. The van der Waals surface area contributed by atoms with E-state index in [1.807, 2.05) is 0 Å². The summed E-state index contributed by atoms with van der Waals surface area (Å²) in [5, 5.41) is 14.7. The van der Waals surface area contributed by atoms with Gasteiger partial charge in [0.05, 0.1) is 13.7 Å². The number of carbonyl (C=O) groups excluding carboxylic acids is 3. The molecule has 0 bridgehead atoms. The monoisotopic (exact) mass is 549 g/mol. The van der Waals surface area contributed by atoms with E-state index < -0.39 is 29.5 Å². The van der Waals surface area contributed by atoms with Crippen molar-refractivity contribution in [1.29, 1.82) is 0 Å². The van der Waals surface area contributed by atoms with Gasteiger partial charge in [-0.15, -0.1) is 0 Å². The number of amidine groups is 1. The lowest BCUT2D eigenvalue weighted by atomic mass is 9.84. The lowest BCUT2D eigenvalue weighted by Crippen LogP contribution is -2.47. The number of nitrogens with zero attached hydrogens (tertiary/aromatic N) is 2. The van der Waals surface area contributed by atoms with Gasteiger partial charge in [0.15, 0.2) is 6.04 Å². The molecule has 1 saturated heterocycles. The van der Waals surface area contributed by atoms with Crippen molar-refractivity contribution in [3.63, 3.8) is 0 Å². The van der Waals surface area contributed by atoms with Gasteiger partial charge in [0.2, 0.25) is 6.03 Å². The van der Waals surface area contributed by atoms with E-state index in [9.17, 15) is 24.2 Å². The van der Waals surface area contributed by atoms with Gasteiger partial charge < -0.3 is 35.2 Å². The lowest BCUT2D eigenvalue weighted by molar-refractivity contribution is -0.143. The zero-order valence-corrected chi connectivity index (χ0v) is 24.0. The van der Waals surface area contributed by atoms with Crippen LogP contribution in [0.3, 0.4) is 0 Å². The summed E-state index contributed by atoms with van der Waals surface area (Å²) < 4.78 is 30.6. The van der Waals surface area contributed by atoms with Crippen LogP contribution in [0.15, 0.2) is 18.2 Å². The topological polar surface area (TPSA) is 128 Å². The molecule has 11 heteroatoms. The third kappa shape index (κ3) is 10.0. The zero-order valence-electron chi connectivity index (χ0n) is 24.0. The lowest BCUT2D eigenvalue weighted by Gasteiger charge is -2.37. The number of piperidine rings is 1. The van der Waals surface area contributed by atoms with Crippen LogP contribution in [-0.4, -0.2) is 61.2 Å². The van der Waals surface area contributed by atoms with Crippen molar-refractivity contribution in [3.05, 3.63) is 35.0 Å². The number of ether oxygens (including phenoxy) is 3. The van der Waals surface area contributed by atoms with Gasteiger partial charge in [-0.05, 0) is 69.9 Å². The Morgan fingerprint density at radius 1 is 1.15 bits per heavy atom. The molecule has 2 atom stereocenters. The third-order valence-corrected chi connectivity index (χ3v) is 6.64. The Morgan fingerprint density at radius 2 is 1.79 bits per heavy atom. The fourth-order valence-corrected chi connectivity index (χ4v) is 4.24. The third-order valence-electron chi connectivity index (χ3n) is 6.64. The van der Waals surface area contributed by atoms with E-state index in [0.717, 1.165) is 26.4 Å². The highest BCUT2D eigenvalue weighted by atomic mass is 19.1. The van der Waals surface area contributed by atoms with E-state index in [0.29, 0.717) is 37.3 Å². The molecular weight excluding hydrogens is 507 g/mol. The molecule has 1 heterocycles. The minimum Gasteiger partial charge on any atom is -0.493 e. The summed E-state index contributed by atoms with van der Waals surface area (Å²) in [4.78, 5) is 38.4. The molecule has 10 nitrogen and oxygen atoms in total. The number of likely N-dealkylation sites (tertiary alicyclic amines) is 1. The van der Waals surface area contributed by atoms with Crippen LogP contribution in [0.4, 0.5) is 14.0 Å². The standard InChI is InChI=1S/C28H42FN4O6/c1-17(2)24(30)32-26(35)33-13-10-19(11-14-33)18(3)12-15-38-20-8-9-21(22(29)16-20)23(25(34)37-7)31-27(36)39-28(4,5)6/h8-9,16-19,23H,10-15H2,1-7H3,(H2-,30,31,32,35,36)/q-1/t18-,23+/m1/s1. The Bertz CT molecular complexity index is 1020. The van der Waals surface area contributed by atoms with E-state index in [-0.39, 0.29) is 23.3 Å². The van der Waals surface area contributed by atoms with E-state index in [2.05, 4.69) is 17.6 Å². The molecule has 0 unspecified atom stereocenters. The molecule has 0 radical (unpaired) electrons. The highest BCUT2D eigenvalue weighted by molar-refractivity contribution is 6.00. The molecule has 2 rings (SSSR count). The van der Waals surface area contributed by atoms with Crippen molar-refractivity contribution in [1.82, 2.24) is 15.5 Å². The fraction of sp³-hybridized carbons (Fsp3) is 0.643. The number of hydrogen-bond donors (Lipinski definition) is 2. The van der Waals surface area contributed by atoms with Crippen LogP contribution in [0, 0.1) is 23.6 Å². The summed E-state index contributed by atoms with van der Waals surface area (Å²) in [6, 6.07) is 2.43. The number of rotatable bonds is 9. The molecule has 0 spiro atoms. The van der Waals surface area contributed by atoms with Crippen molar-refractivity contribution in [2.24, 2.45) is 17.8 Å². The van der Waals surface area contributed by atoms with Crippen LogP contribution in [0.25, 0.3) is 5.41 Å². The Morgan fingerprint density at radius 3 is 2.33 bits per heavy atom. The van der Waals surface area contributed by atoms with Crippen molar-refractivity contribution in [3.8, 4) is 5.75 Å². The molecule has 3 amide bonds. The summed E-state index contributed by atoms with van der Waals surface area (Å²) in [7, 11) is 1.15. The van der Waals surface area contributed by atoms with Crippen molar-refractivity contribution >= 4 is 23.9 Å². The Balaban J connectivity index is 1.88. The van der Waals surface area contributed by atoms with E-state index in [1.54, 1.807) is 39.5 Å². The second-order valence-electron chi connectivity index (χ2n) is 11.2. The first-order chi connectivity index (χ1) is 18.2. The van der Waals surface area contributed by atoms with Gasteiger partial charge in [-0.25, -0.2) is 14.0 Å². The van der Waals surface area contributed by atoms with Gasteiger partial charge in [0.25, 0.3) is 0 Å². The summed E-state index contributed by atoms with van der Waals surface area (Å²) in [6.45, 7) is 12.4. The summed E-state index contributed by atoms with van der Waals surface area (Å²) in [5.74, 6) is -0.677. The number of benzene rings is 1. The largest absolute Gasteiger partial charge is 0.493 e. The number of carbonyl (C=O) groups is 3. The average Bonchev–Trinajstić information content (AvgIpc) is 2.86. The molecule has 2 N–H and O–H groups in total.